The molecule has 1 aromatic carbocycles. The van der Waals surface area contributed by atoms with Crippen LogP contribution in [0.4, 0.5) is 0 Å². The van der Waals surface area contributed by atoms with Crippen LogP contribution in [0.2, 0.25) is 0 Å². The Morgan fingerprint density at radius 3 is 2.17 bits per heavy atom. The fourth-order valence-electron chi connectivity index (χ4n) is 2.21. The number of hydrogen-bond donors (Lipinski definition) is 1. The van der Waals surface area contributed by atoms with Crippen molar-refractivity contribution in [1.29, 1.82) is 0 Å². The zero-order valence-corrected chi connectivity index (χ0v) is 11.1. The summed E-state index contributed by atoms with van der Waals surface area (Å²) in [5.41, 5.74) is 4.05. The van der Waals surface area contributed by atoms with Gasteiger partial charge in [0.25, 0.3) is 0 Å². The van der Waals surface area contributed by atoms with Crippen molar-refractivity contribution in [3.05, 3.63) is 65.5 Å². The van der Waals surface area contributed by atoms with Crippen LogP contribution < -0.4 is 5.32 Å². The lowest BCUT2D eigenvalue weighted by Gasteiger charge is -2.17. The molecule has 18 heavy (non-hydrogen) atoms. The van der Waals surface area contributed by atoms with Gasteiger partial charge in [0.2, 0.25) is 0 Å². The summed E-state index contributed by atoms with van der Waals surface area (Å²) in [5, 5.41) is 3.27. The molecule has 94 valence electrons. The van der Waals surface area contributed by atoms with Gasteiger partial charge in [0, 0.05) is 24.9 Å². The molecular weight excluding hydrogens is 220 g/mol. The quantitative estimate of drug-likeness (QED) is 0.869. The van der Waals surface area contributed by atoms with E-state index in [9.17, 15) is 0 Å². The lowest BCUT2D eigenvalue weighted by atomic mass is 9.91. The van der Waals surface area contributed by atoms with Crippen molar-refractivity contribution in [2.75, 3.05) is 13.6 Å². The van der Waals surface area contributed by atoms with Crippen molar-refractivity contribution in [2.45, 2.75) is 19.3 Å². The van der Waals surface area contributed by atoms with Crippen LogP contribution in [0.15, 0.2) is 48.8 Å². The molecule has 0 spiro atoms. The maximum atomic E-state index is 4.09. The molecule has 2 aromatic rings. The van der Waals surface area contributed by atoms with E-state index in [1.165, 1.54) is 16.7 Å². The molecule has 0 aliphatic carbocycles. The summed E-state index contributed by atoms with van der Waals surface area (Å²) < 4.78 is 0. The number of nitrogens with one attached hydrogen (secondary N) is 1. The number of aryl methyl sites for hydroxylation is 1. The van der Waals surface area contributed by atoms with E-state index in [2.05, 4.69) is 53.6 Å². The van der Waals surface area contributed by atoms with E-state index in [4.69, 9.17) is 0 Å². The first kappa shape index (κ1) is 12.8. The van der Waals surface area contributed by atoms with Gasteiger partial charge in [-0.3, -0.25) is 4.98 Å². The van der Waals surface area contributed by atoms with E-state index >= 15 is 0 Å². The van der Waals surface area contributed by atoms with Gasteiger partial charge < -0.3 is 5.32 Å². The molecule has 0 amide bonds. The molecule has 1 N–H and O–H groups in total. The molecule has 1 heterocycles. The van der Waals surface area contributed by atoms with Crippen LogP contribution in [0.25, 0.3) is 0 Å². The third kappa shape index (κ3) is 2.96. The minimum atomic E-state index is 0.393. The van der Waals surface area contributed by atoms with Gasteiger partial charge in [-0.2, -0.15) is 0 Å². The van der Waals surface area contributed by atoms with Crippen LogP contribution in [0.5, 0.6) is 0 Å². The second-order valence-corrected chi connectivity index (χ2v) is 4.49. The summed E-state index contributed by atoms with van der Waals surface area (Å²) >= 11 is 0. The van der Waals surface area contributed by atoms with Crippen LogP contribution in [-0.2, 0) is 6.42 Å². The summed E-state index contributed by atoms with van der Waals surface area (Å²) in [6.45, 7) is 3.12. The summed E-state index contributed by atoms with van der Waals surface area (Å²) in [4.78, 5) is 4.09. The van der Waals surface area contributed by atoms with Gasteiger partial charge >= 0.3 is 0 Å². The van der Waals surface area contributed by atoms with Gasteiger partial charge in [-0.1, -0.05) is 31.2 Å². The molecule has 0 saturated carbocycles. The number of aromatic nitrogens is 1. The van der Waals surface area contributed by atoms with Gasteiger partial charge in [-0.25, -0.2) is 0 Å². The molecule has 0 aliphatic heterocycles. The predicted molar refractivity (Wildman–Crippen MR) is 75.8 cm³/mol. The molecule has 0 saturated heterocycles. The Bertz CT molecular complexity index is 462. The molecular formula is C16H20N2. The van der Waals surface area contributed by atoms with Crippen LogP contribution in [0, 0.1) is 0 Å². The predicted octanol–water partition coefficient (Wildman–Crippen LogP) is 3.00. The minimum absolute atomic E-state index is 0.393. The lowest BCUT2D eigenvalue weighted by Crippen LogP contribution is -2.18. The zero-order chi connectivity index (χ0) is 12.8. The summed E-state index contributed by atoms with van der Waals surface area (Å²) in [6, 6.07) is 13.1. The highest BCUT2D eigenvalue weighted by Gasteiger charge is 2.12. The number of nitrogens with zero attached hydrogens (tertiary/aromatic N) is 1. The molecule has 1 unspecified atom stereocenters. The first-order valence-electron chi connectivity index (χ1n) is 6.48. The Morgan fingerprint density at radius 1 is 1.00 bits per heavy atom. The van der Waals surface area contributed by atoms with Gasteiger partial charge in [-0.05, 0) is 42.3 Å². The van der Waals surface area contributed by atoms with E-state index in [-0.39, 0.29) is 0 Å². The number of likely N-dealkylation sites (N-methyl/N-ethyl adjacent to an activating group) is 1. The molecule has 1 aromatic heterocycles. The Hall–Kier alpha value is -1.67. The van der Waals surface area contributed by atoms with Crippen molar-refractivity contribution in [1.82, 2.24) is 10.3 Å². The minimum Gasteiger partial charge on any atom is -0.319 e. The van der Waals surface area contributed by atoms with Gasteiger partial charge in [0.05, 0.1) is 0 Å². The topological polar surface area (TPSA) is 24.9 Å². The van der Waals surface area contributed by atoms with Crippen molar-refractivity contribution in [3.63, 3.8) is 0 Å². The van der Waals surface area contributed by atoms with Crippen LogP contribution in [-0.4, -0.2) is 18.6 Å². The fraction of sp³-hybridized carbons (Fsp3) is 0.312. The Kier molecular flexibility index (Phi) is 4.48. The molecule has 1 atom stereocenters. The number of pyridine rings is 1. The Balaban J connectivity index is 2.29. The maximum absolute atomic E-state index is 4.09. The van der Waals surface area contributed by atoms with E-state index in [1.54, 1.807) is 0 Å². The first-order valence-corrected chi connectivity index (χ1v) is 6.48. The third-order valence-corrected chi connectivity index (χ3v) is 3.31. The monoisotopic (exact) mass is 240 g/mol. The second kappa shape index (κ2) is 6.31. The number of benzene rings is 1. The Morgan fingerprint density at radius 2 is 1.61 bits per heavy atom. The molecule has 0 bridgehead atoms. The largest absolute Gasteiger partial charge is 0.319 e. The van der Waals surface area contributed by atoms with Gasteiger partial charge in [-0.15, -0.1) is 0 Å². The lowest BCUT2D eigenvalue weighted by molar-refractivity contribution is 0.707. The normalized spacial score (nSPS) is 12.3. The van der Waals surface area contributed by atoms with E-state index in [1.807, 2.05) is 19.4 Å². The highest BCUT2D eigenvalue weighted by atomic mass is 14.8. The number of hydrogen-bond acceptors (Lipinski definition) is 2. The van der Waals surface area contributed by atoms with Crippen LogP contribution >= 0.6 is 0 Å². The molecule has 0 radical (unpaired) electrons. The maximum Gasteiger partial charge on any atom is 0.0270 e. The molecule has 0 fully saturated rings. The zero-order valence-electron chi connectivity index (χ0n) is 11.1. The average Bonchev–Trinajstić information content (AvgIpc) is 2.46. The van der Waals surface area contributed by atoms with Crippen molar-refractivity contribution in [2.24, 2.45) is 0 Å². The average molecular weight is 240 g/mol. The van der Waals surface area contributed by atoms with E-state index in [0.717, 1.165) is 13.0 Å². The molecule has 2 rings (SSSR count). The highest BCUT2D eigenvalue weighted by Crippen LogP contribution is 2.23. The molecule has 2 nitrogen and oxygen atoms in total. The van der Waals surface area contributed by atoms with Gasteiger partial charge in [0.15, 0.2) is 0 Å². The first-order chi connectivity index (χ1) is 8.85. The SMILES string of the molecule is CCc1ccc(C(CNC)c2ccncc2)cc1. The van der Waals surface area contributed by atoms with E-state index < -0.39 is 0 Å². The smallest absolute Gasteiger partial charge is 0.0270 e. The second-order valence-electron chi connectivity index (χ2n) is 4.49. The van der Waals surface area contributed by atoms with Crippen molar-refractivity contribution >= 4 is 0 Å². The standard InChI is InChI=1S/C16H20N2/c1-3-13-4-6-14(7-5-13)16(12-17-2)15-8-10-18-11-9-15/h4-11,16-17H,3,12H2,1-2H3. The summed E-state index contributed by atoms with van der Waals surface area (Å²) in [7, 11) is 1.99. The highest BCUT2D eigenvalue weighted by molar-refractivity contribution is 5.33. The molecule has 2 heteroatoms. The van der Waals surface area contributed by atoms with E-state index in [0.29, 0.717) is 5.92 Å². The summed E-state index contributed by atoms with van der Waals surface area (Å²) in [6.07, 6.45) is 4.81. The van der Waals surface area contributed by atoms with Crippen LogP contribution in [0.1, 0.15) is 29.5 Å². The summed E-state index contributed by atoms with van der Waals surface area (Å²) in [5.74, 6) is 0.393. The molecule has 0 aliphatic rings. The fourth-order valence-corrected chi connectivity index (χ4v) is 2.21. The number of rotatable bonds is 5. The van der Waals surface area contributed by atoms with Crippen molar-refractivity contribution < 1.29 is 0 Å². The third-order valence-electron chi connectivity index (χ3n) is 3.31. The van der Waals surface area contributed by atoms with Crippen LogP contribution in [0.3, 0.4) is 0 Å². The Labute approximate surface area is 109 Å². The van der Waals surface area contributed by atoms with Gasteiger partial charge in [0.1, 0.15) is 0 Å². The van der Waals surface area contributed by atoms with Crippen molar-refractivity contribution in [3.8, 4) is 0 Å².